The average molecular weight is 268 g/mol. The van der Waals surface area contributed by atoms with Crippen LogP contribution < -0.4 is 5.32 Å². The van der Waals surface area contributed by atoms with E-state index in [1.54, 1.807) is 0 Å². The molecule has 0 aromatic carbocycles. The van der Waals surface area contributed by atoms with E-state index in [4.69, 9.17) is 4.74 Å². The molecule has 0 spiro atoms. The maximum Gasteiger partial charge on any atom is 0.225 e. The fourth-order valence-electron chi connectivity index (χ4n) is 2.75. The molecule has 110 valence electrons. The van der Waals surface area contributed by atoms with Gasteiger partial charge in [0.05, 0.1) is 13.0 Å². The van der Waals surface area contributed by atoms with E-state index < -0.39 is 0 Å². The number of piperidine rings is 1. The third-order valence-corrected chi connectivity index (χ3v) is 3.97. The maximum atomic E-state index is 12.3. The van der Waals surface area contributed by atoms with E-state index in [1.807, 2.05) is 0 Å². The maximum absolute atomic E-state index is 12.3. The Labute approximate surface area is 116 Å². The monoisotopic (exact) mass is 268 g/mol. The van der Waals surface area contributed by atoms with Gasteiger partial charge in [0.25, 0.3) is 0 Å². The highest BCUT2D eigenvalue weighted by Gasteiger charge is 2.33. The molecule has 19 heavy (non-hydrogen) atoms. The van der Waals surface area contributed by atoms with Crippen molar-refractivity contribution in [1.82, 2.24) is 10.2 Å². The second-order valence-electron chi connectivity index (χ2n) is 5.85. The third-order valence-electron chi connectivity index (χ3n) is 3.97. The quantitative estimate of drug-likeness (QED) is 0.682. The lowest BCUT2D eigenvalue weighted by atomic mass is 9.99. The lowest BCUT2D eigenvalue weighted by molar-refractivity contribution is -0.133. The molecule has 0 aromatic heterocycles. The first-order chi connectivity index (χ1) is 9.31. The van der Waals surface area contributed by atoms with E-state index in [0.29, 0.717) is 30.9 Å². The Kier molecular flexibility index (Phi) is 6.11. The fraction of sp³-hybridized carbons (Fsp3) is 0.933. The van der Waals surface area contributed by atoms with Gasteiger partial charge in [0, 0.05) is 19.2 Å². The van der Waals surface area contributed by atoms with Gasteiger partial charge in [0.1, 0.15) is 0 Å². The molecule has 1 saturated carbocycles. The van der Waals surface area contributed by atoms with E-state index in [1.165, 1.54) is 25.7 Å². The largest absolute Gasteiger partial charge is 0.381 e. The smallest absolute Gasteiger partial charge is 0.225 e. The van der Waals surface area contributed by atoms with Crippen LogP contribution in [0.25, 0.3) is 0 Å². The molecule has 0 aromatic rings. The zero-order valence-electron chi connectivity index (χ0n) is 12.2. The summed E-state index contributed by atoms with van der Waals surface area (Å²) in [4.78, 5) is 14.4. The molecule has 1 amide bonds. The first-order valence-corrected chi connectivity index (χ1v) is 7.89. The lowest BCUT2D eigenvalue weighted by Crippen LogP contribution is -2.42. The summed E-state index contributed by atoms with van der Waals surface area (Å²) in [5.41, 5.74) is 0. The molecule has 4 heteroatoms. The molecule has 1 saturated heterocycles. The van der Waals surface area contributed by atoms with Crippen LogP contribution in [0.3, 0.4) is 0 Å². The number of nitrogens with one attached hydrogen (secondary N) is 1. The summed E-state index contributed by atoms with van der Waals surface area (Å²) in [6.45, 7) is 6.60. The van der Waals surface area contributed by atoms with Gasteiger partial charge in [-0.15, -0.1) is 0 Å². The Morgan fingerprint density at radius 3 is 2.79 bits per heavy atom. The minimum atomic E-state index is 0.296. The van der Waals surface area contributed by atoms with Gasteiger partial charge < -0.3 is 15.0 Å². The van der Waals surface area contributed by atoms with Gasteiger partial charge in [-0.2, -0.15) is 0 Å². The average Bonchev–Trinajstić information content (AvgIpc) is 3.26. The standard InChI is InChI=1S/C15H28N2O2/c1-2-9-19-10-7-15(18)17(14-5-6-14)12-13-4-3-8-16-11-13/h13-14,16H,2-12H2,1H3. The molecule has 1 unspecified atom stereocenters. The zero-order chi connectivity index (χ0) is 13.5. The highest BCUT2D eigenvalue weighted by atomic mass is 16.5. The van der Waals surface area contributed by atoms with Crippen molar-refractivity contribution in [2.24, 2.45) is 5.92 Å². The minimum Gasteiger partial charge on any atom is -0.381 e. The fourth-order valence-corrected chi connectivity index (χ4v) is 2.75. The minimum absolute atomic E-state index is 0.296. The molecule has 2 rings (SSSR count). The SMILES string of the molecule is CCCOCCC(=O)N(CC1CCCNC1)C1CC1. The molecule has 0 bridgehead atoms. The number of nitrogens with zero attached hydrogens (tertiary/aromatic N) is 1. The number of ether oxygens (including phenoxy) is 1. The normalized spacial score (nSPS) is 23.3. The molecule has 0 radical (unpaired) electrons. The number of carbonyl (C=O) groups excluding carboxylic acids is 1. The summed E-state index contributed by atoms with van der Waals surface area (Å²) in [5.74, 6) is 0.944. The van der Waals surface area contributed by atoms with E-state index >= 15 is 0 Å². The van der Waals surface area contributed by atoms with Gasteiger partial charge >= 0.3 is 0 Å². The predicted molar refractivity (Wildman–Crippen MR) is 76.1 cm³/mol. The van der Waals surface area contributed by atoms with Gasteiger partial charge in [0.15, 0.2) is 0 Å². The number of hydrogen-bond acceptors (Lipinski definition) is 3. The van der Waals surface area contributed by atoms with Crippen LogP contribution in [0.5, 0.6) is 0 Å². The first kappa shape index (κ1) is 14.8. The highest BCUT2D eigenvalue weighted by molar-refractivity contribution is 5.77. The van der Waals surface area contributed by atoms with Crippen molar-refractivity contribution in [2.45, 2.75) is 51.5 Å². The summed E-state index contributed by atoms with van der Waals surface area (Å²) in [5, 5.41) is 3.44. The van der Waals surface area contributed by atoms with Crippen LogP contribution in [-0.4, -0.2) is 49.7 Å². The zero-order valence-corrected chi connectivity index (χ0v) is 12.2. The molecule has 1 aliphatic carbocycles. The second kappa shape index (κ2) is 7.85. The topological polar surface area (TPSA) is 41.6 Å². The van der Waals surface area contributed by atoms with Crippen molar-refractivity contribution in [3.63, 3.8) is 0 Å². The van der Waals surface area contributed by atoms with Crippen LogP contribution in [0, 0.1) is 5.92 Å². The van der Waals surface area contributed by atoms with Crippen molar-refractivity contribution in [2.75, 3.05) is 32.8 Å². The van der Waals surface area contributed by atoms with Crippen LogP contribution in [0.15, 0.2) is 0 Å². The van der Waals surface area contributed by atoms with Gasteiger partial charge in [-0.05, 0) is 51.1 Å². The van der Waals surface area contributed by atoms with Crippen molar-refractivity contribution < 1.29 is 9.53 Å². The van der Waals surface area contributed by atoms with Crippen molar-refractivity contribution in [3.05, 3.63) is 0 Å². The summed E-state index contributed by atoms with van der Waals surface area (Å²) < 4.78 is 5.43. The molecular weight excluding hydrogens is 240 g/mol. The predicted octanol–water partition coefficient (Wildman–Crippen LogP) is 1.79. The molecule has 1 aliphatic heterocycles. The molecular formula is C15H28N2O2. The Morgan fingerprint density at radius 1 is 1.32 bits per heavy atom. The third kappa shape index (κ3) is 5.11. The Hall–Kier alpha value is -0.610. The summed E-state index contributed by atoms with van der Waals surface area (Å²) in [7, 11) is 0. The summed E-state index contributed by atoms with van der Waals surface area (Å²) >= 11 is 0. The number of amides is 1. The van der Waals surface area contributed by atoms with E-state index in [2.05, 4.69) is 17.1 Å². The molecule has 1 heterocycles. The first-order valence-electron chi connectivity index (χ1n) is 7.89. The van der Waals surface area contributed by atoms with Crippen molar-refractivity contribution in [1.29, 1.82) is 0 Å². The second-order valence-corrected chi connectivity index (χ2v) is 5.85. The summed E-state index contributed by atoms with van der Waals surface area (Å²) in [6.07, 6.45) is 6.47. The summed E-state index contributed by atoms with van der Waals surface area (Å²) in [6, 6.07) is 0.528. The van der Waals surface area contributed by atoms with Crippen LogP contribution >= 0.6 is 0 Å². The van der Waals surface area contributed by atoms with Gasteiger partial charge in [-0.3, -0.25) is 4.79 Å². The van der Waals surface area contributed by atoms with Gasteiger partial charge in [-0.25, -0.2) is 0 Å². The molecule has 1 N–H and O–H groups in total. The van der Waals surface area contributed by atoms with Gasteiger partial charge in [0.2, 0.25) is 5.91 Å². The molecule has 2 aliphatic rings. The lowest BCUT2D eigenvalue weighted by Gasteiger charge is -2.30. The van der Waals surface area contributed by atoms with Crippen LogP contribution in [0.2, 0.25) is 0 Å². The molecule has 4 nitrogen and oxygen atoms in total. The van der Waals surface area contributed by atoms with Gasteiger partial charge in [-0.1, -0.05) is 6.92 Å². The number of carbonyl (C=O) groups is 1. The molecule has 1 atom stereocenters. The van der Waals surface area contributed by atoms with Crippen LogP contribution in [0.4, 0.5) is 0 Å². The Morgan fingerprint density at radius 2 is 2.16 bits per heavy atom. The highest BCUT2D eigenvalue weighted by Crippen LogP contribution is 2.29. The van der Waals surface area contributed by atoms with E-state index in [0.717, 1.165) is 32.7 Å². The number of hydrogen-bond donors (Lipinski definition) is 1. The van der Waals surface area contributed by atoms with Crippen LogP contribution in [0.1, 0.15) is 45.4 Å². The Balaban J connectivity index is 1.73. The van der Waals surface area contributed by atoms with Crippen molar-refractivity contribution in [3.8, 4) is 0 Å². The number of rotatable bonds is 8. The molecule has 2 fully saturated rings. The Bertz CT molecular complexity index is 273. The van der Waals surface area contributed by atoms with E-state index in [-0.39, 0.29) is 0 Å². The van der Waals surface area contributed by atoms with Crippen LogP contribution in [-0.2, 0) is 9.53 Å². The van der Waals surface area contributed by atoms with E-state index in [9.17, 15) is 4.79 Å². The van der Waals surface area contributed by atoms with Crippen molar-refractivity contribution >= 4 is 5.91 Å².